The van der Waals surface area contributed by atoms with E-state index in [1.165, 1.54) is 19.3 Å². The van der Waals surface area contributed by atoms with Crippen molar-refractivity contribution in [2.75, 3.05) is 0 Å². The zero-order chi connectivity index (χ0) is 10.4. The molecule has 0 bridgehead atoms. The second-order valence-electron chi connectivity index (χ2n) is 5.72. The lowest BCUT2D eigenvalue weighted by atomic mass is 9.58. The number of fused-ring (bicyclic) bond motifs is 1. The first-order valence-electron chi connectivity index (χ1n) is 5.62. The highest BCUT2D eigenvalue weighted by molar-refractivity contribution is 5.53. The third-order valence-corrected chi connectivity index (χ3v) is 5.22. The first-order valence-corrected chi connectivity index (χ1v) is 5.62. The molecule has 2 aliphatic rings. The van der Waals surface area contributed by atoms with Crippen molar-refractivity contribution >= 4 is 6.29 Å². The van der Waals surface area contributed by atoms with Crippen LogP contribution in [0.2, 0.25) is 0 Å². The fourth-order valence-corrected chi connectivity index (χ4v) is 3.59. The Morgan fingerprint density at radius 2 is 1.93 bits per heavy atom. The SMILES string of the molecule is C[C@]12CCC[C@@]1(C)C=C[C@@]2(C)CC=O. The number of rotatable bonds is 2. The maximum Gasteiger partial charge on any atom is 0.120 e. The molecule has 0 saturated heterocycles. The Morgan fingerprint density at radius 1 is 1.21 bits per heavy atom. The van der Waals surface area contributed by atoms with Crippen LogP contribution in [0.3, 0.4) is 0 Å². The van der Waals surface area contributed by atoms with Crippen LogP contribution in [0.25, 0.3) is 0 Å². The molecule has 1 fully saturated rings. The Balaban J connectivity index is 2.41. The van der Waals surface area contributed by atoms with E-state index in [1.807, 2.05) is 0 Å². The van der Waals surface area contributed by atoms with Crippen LogP contribution >= 0.6 is 0 Å². The summed E-state index contributed by atoms with van der Waals surface area (Å²) in [6, 6.07) is 0. The van der Waals surface area contributed by atoms with Crippen LogP contribution < -0.4 is 0 Å². The second kappa shape index (κ2) is 2.71. The third-order valence-electron chi connectivity index (χ3n) is 5.22. The van der Waals surface area contributed by atoms with Gasteiger partial charge in [-0.3, -0.25) is 0 Å². The van der Waals surface area contributed by atoms with Crippen molar-refractivity contribution in [2.24, 2.45) is 16.2 Å². The lowest BCUT2D eigenvalue weighted by molar-refractivity contribution is -0.111. The van der Waals surface area contributed by atoms with Crippen molar-refractivity contribution in [3.05, 3.63) is 12.2 Å². The predicted molar refractivity (Wildman–Crippen MR) is 58.0 cm³/mol. The molecular weight excluding hydrogens is 172 g/mol. The summed E-state index contributed by atoms with van der Waals surface area (Å²) in [6.45, 7) is 6.96. The Kier molecular flexibility index (Phi) is 1.93. The Hall–Kier alpha value is -0.590. The molecular formula is C13H20O. The summed E-state index contributed by atoms with van der Waals surface area (Å²) in [5, 5.41) is 0. The smallest absolute Gasteiger partial charge is 0.120 e. The van der Waals surface area contributed by atoms with Crippen molar-refractivity contribution in [3.8, 4) is 0 Å². The highest BCUT2D eigenvalue weighted by Crippen LogP contribution is 2.67. The summed E-state index contributed by atoms with van der Waals surface area (Å²) in [4.78, 5) is 10.8. The van der Waals surface area contributed by atoms with Crippen LogP contribution in [-0.2, 0) is 4.79 Å². The molecule has 0 heterocycles. The molecule has 0 spiro atoms. The van der Waals surface area contributed by atoms with Gasteiger partial charge >= 0.3 is 0 Å². The number of allylic oxidation sites excluding steroid dienone is 2. The first kappa shape index (κ1) is 9.95. The molecule has 14 heavy (non-hydrogen) atoms. The lowest BCUT2D eigenvalue weighted by Crippen LogP contribution is -2.39. The van der Waals surface area contributed by atoms with Gasteiger partial charge in [-0.15, -0.1) is 0 Å². The normalized spacial score (nSPS) is 50.8. The highest BCUT2D eigenvalue weighted by Gasteiger charge is 2.59. The minimum Gasteiger partial charge on any atom is -0.303 e. The predicted octanol–water partition coefficient (Wildman–Crippen LogP) is 3.35. The third kappa shape index (κ3) is 0.933. The molecule has 2 aliphatic carbocycles. The van der Waals surface area contributed by atoms with Crippen LogP contribution in [0, 0.1) is 16.2 Å². The highest BCUT2D eigenvalue weighted by atomic mass is 16.1. The molecule has 3 atom stereocenters. The molecule has 0 aromatic rings. The quantitative estimate of drug-likeness (QED) is 0.484. The monoisotopic (exact) mass is 192 g/mol. The molecule has 0 amide bonds. The van der Waals surface area contributed by atoms with E-state index in [2.05, 4.69) is 32.9 Å². The summed E-state index contributed by atoms with van der Waals surface area (Å²) in [5.74, 6) is 0. The van der Waals surface area contributed by atoms with Crippen molar-refractivity contribution < 1.29 is 4.79 Å². The topological polar surface area (TPSA) is 17.1 Å². The van der Waals surface area contributed by atoms with E-state index in [4.69, 9.17) is 0 Å². The molecule has 78 valence electrons. The van der Waals surface area contributed by atoms with Crippen LogP contribution in [0.4, 0.5) is 0 Å². The lowest BCUT2D eigenvalue weighted by Gasteiger charge is -2.45. The number of aldehydes is 1. The number of hydrogen-bond donors (Lipinski definition) is 0. The molecule has 1 nitrogen and oxygen atoms in total. The average Bonchev–Trinajstić information content (AvgIpc) is 2.50. The molecule has 0 unspecified atom stereocenters. The maximum absolute atomic E-state index is 10.8. The molecule has 0 aromatic carbocycles. The van der Waals surface area contributed by atoms with Crippen LogP contribution in [0.15, 0.2) is 12.2 Å². The zero-order valence-corrected chi connectivity index (χ0v) is 9.47. The van der Waals surface area contributed by atoms with E-state index >= 15 is 0 Å². The van der Waals surface area contributed by atoms with Crippen LogP contribution in [-0.4, -0.2) is 6.29 Å². The molecule has 2 rings (SSSR count). The molecule has 0 aromatic heterocycles. The van der Waals surface area contributed by atoms with E-state index < -0.39 is 0 Å². The molecule has 0 N–H and O–H groups in total. The van der Waals surface area contributed by atoms with Crippen molar-refractivity contribution in [1.29, 1.82) is 0 Å². The van der Waals surface area contributed by atoms with Gasteiger partial charge < -0.3 is 4.79 Å². The molecule has 0 radical (unpaired) electrons. The second-order valence-corrected chi connectivity index (χ2v) is 5.72. The average molecular weight is 192 g/mol. The fraction of sp³-hybridized carbons (Fsp3) is 0.769. The summed E-state index contributed by atoms with van der Waals surface area (Å²) in [5.41, 5.74) is 0.742. The Labute approximate surface area is 86.6 Å². The van der Waals surface area contributed by atoms with Crippen LogP contribution in [0.1, 0.15) is 46.5 Å². The van der Waals surface area contributed by atoms with Gasteiger partial charge in [-0.05, 0) is 29.1 Å². The molecule has 1 heteroatoms. The van der Waals surface area contributed by atoms with Crippen LogP contribution in [0.5, 0.6) is 0 Å². The van der Waals surface area contributed by atoms with Gasteiger partial charge in [0.15, 0.2) is 0 Å². The van der Waals surface area contributed by atoms with Gasteiger partial charge in [-0.25, -0.2) is 0 Å². The molecule has 0 aliphatic heterocycles. The largest absolute Gasteiger partial charge is 0.303 e. The van der Waals surface area contributed by atoms with E-state index in [0.29, 0.717) is 17.3 Å². The van der Waals surface area contributed by atoms with E-state index in [-0.39, 0.29) is 5.41 Å². The van der Waals surface area contributed by atoms with Gasteiger partial charge in [-0.1, -0.05) is 39.3 Å². The van der Waals surface area contributed by atoms with Gasteiger partial charge in [0.05, 0.1) is 0 Å². The number of hydrogen-bond acceptors (Lipinski definition) is 1. The summed E-state index contributed by atoms with van der Waals surface area (Å²) >= 11 is 0. The van der Waals surface area contributed by atoms with Gasteiger partial charge in [-0.2, -0.15) is 0 Å². The number of carbonyl (C=O) groups is 1. The van der Waals surface area contributed by atoms with Crippen molar-refractivity contribution in [3.63, 3.8) is 0 Å². The van der Waals surface area contributed by atoms with Crippen molar-refractivity contribution in [2.45, 2.75) is 46.5 Å². The molecule has 1 saturated carbocycles. The van der Waals surface area contributed by atoms with Gasteiger partial charge in [0.1, 0.15) is 6.29 Å². The van der Waals surface area contributed by atoms with E-state index in [1.54, 1.807) is 0 Å². The summed E-state index contributed by atoms with van der Waals surface area (Å²) in [6.07, 6.45) is 10.3. The number of carbonyl (C=O) groups excluding carboxylic acids is 1. The minimum absolute atomic E-state index is 0.0972. The van der Waals surface area contributed by atoms with Crippen molar-refractivity contribution in [1.82, 2.24) is 0 Å². The van der Waals surface area contributed by atoms with Gasteiger partial charge in [0.25, 0.3) is 0 Å². The summed E-state index contributed by atoms with van der Waals surface area (Å²) < 4.78 is 0. The van der Waals surface area contributed by atoms with Gasteiger partial charge in [0, 0.05) is 6.42 Å². The minimum atomic E-state index is 0.0972. The standard InChI is InChI=1S/C13H20O/c1-11-5-4-6-13(11,3)12(2,8-7-11)9-10-14/h7-8,10H,4-6,9H2,1-3H3/t11-,12-,13-/m0/s1. The van der Waals surface area contributed by atoms with E-state index in [0.717, 1.165) is 6.29 Å². The Bertz CT molecular complexity index is 294. The first-order chi connectivity index (χ1) is 6.47. The Morgan fingerprint density at radius 3 is 2.57 bits per heavy atom. The fourth-order valence-electron chi connectivity index (χ4n) is 3.59. The maximum atomic E-state index is 10.8. The summed E-state index contributed by atoms with van der Waals surface area (Å²) in [7, 11) is 0. The van der Waals surface area contributed by atoms with E-state index in [9.17, 15) is 4.79 Å². The van der Waals surface area contributed by atoms with Gasteiger partial charge in [0.2, 0.25) is 0 Å². The zero-order valence-electron chi connectivity index (χ0n) is 9.47.